The molecule has 0 radical (unpaired) electrons. The molecule has 3 rings (SSSR count). The molecule has 122 valence electrons. The van der Waals surface area contributed by atoms with E-state index in [1.165, 1.54) is 19.5 Å². The Labute approximate surface area is 135 Å². The first-order valence-electron chi connectivity index (χ1n) is 7.96. The van der Waals surface area contributed by atoms with Gasteiger partial charge in [-0.15, -0.1) is 0 Å². The monoisotopic (exact) mass is 314 g/mol. The standard InChI is InChI=1S/C17H22N4O2/c1-13-7-9-21(12-13)10-11-23-15-4-2-14(3-5-15)19-17(22)16-6-8-18-20-16/h2-6,8,13H,7,9-12H2,1H3,(H,18,20)(H,19,22)/t13-/m1/s1. The van der Waals surface area contributed by atoms with E-state index in [0.29, 0.717) is 12.3 Å². The largest absolute Gasteiger partial charge is 0.492 e. The molecule has 1 atom stereocenters. The third kappa shape index (κ3) is 4.32. The van der Waals surface area contributed by atoms with Gasteiger partial charge in [0.2, 0.25) is 0 Å². The van der Waals surface area contributed by atoms with Crippen molar-refractivity contribution in [2.24, 2.45) is 5.92 Å². The Balaban J connectivity index is 1.44. The number of carbonyl (C=O) groups is 1. The average Bonchev–Trinajstić information content (AvgIpc) is 3.21. The van der Waals surface area contributed by atoms with Crippen molar-refractivity contribution in [1.82, 2.24) is 15.1 Å². The van der Waals surface area contributed by atoms with Gasteiger partial charge in [0.15, 0.2) is 0 Å². The first-order chi connectivity index (χ1) is 11.2. The Morgan fingerprint density at radius 3 is 2.87 bits per heavy atom. The fraction of sp³-hybridized carbons (Fsp3) is 0.412. The molecule has 1 aromatic carbocycles. The maximum Gasteiger partial charge on any atom is 0.273 e. The normalized spacial score (nSPS) is 18.0. The Morgan fingerprint density at radius 2 is 2.22 bits per heavy atom. The number of amides is 1. The Morgan fingerprint density at radius 1 is 1.39 bits per heavy atom. The zero-order chi connectivity index (χ0) is 16.1. The van der Waals surface area contributed by atoms with E-state index in [1.807, 2.05) is 24.3 Å². The van der Waals surface area contributed by atoms with Gasteiger partial charge in [0.05, 0.1) is 0 Å². The van der Waals surface area contributed by atoms with Gasteiger partial charge in [-0.1, -0.05) is 6.92 Å². The van der Waals surface area contributed by atoms with Crippen LogP contribution in [0, 0.1) is 5.92 Å². The number of nitrogens with zero attached hydrogens (tertiary/aromatic N) is 2. The van der Waals surface area contributed by atoms with Gasteiger partial charge in [-0.25, -0.2) is 0 Å². The van der Waals surface area contributed by atoms with Gasteiger partial charge in [-0.05, 0) is 49.2 Å². The fourth-order valence-electron chi connectivity index (χ4n) is 2.74. The molecule has 6 heteroatoms. The molecule has 0 saturated carbocycles. The van der Waals surface area contributed by atoms with Gasteiger partial charge < -0.3 is 10.1 Å². The van der Waals surface area contributed by atoms with Gasteiger partial charge in [-0.3, -0.25) is 14.8 Å². The molecule has 0 bridgehead atoms. The summed E-state index contributed by atoms with van der Waals surface area (Å²) in [6.45, 7) is 6.28. The number of aromatic amines is 1. The summed E-state index contributed by atoms with van der Waals surface area (Å²) in [4.78, 5) is 14.3. The smallest absolute Gasteiger partial charge is 0.273 e. The number of hydrogen-bond donors (Lipinski definition) is 2. The summed E-state index contributed by atoms with van der Waals surface area (Å²) in [5.41, 5.74) is 1.16. The third-order valence-electron chi connectivity index (χ3n) is 4.04. The molecule has 1 aromatic heterocycles. The number of benzene rings is 1. The molecule has 0 spiro atoms. The summed E-state index contributed by atoms with van der Waals surface area (Å²) >= 11 is 0. The van der Waals surface area contributed by atoms with Crippen LogP contribution in [0.1, 0.15) is 23.8 Å². The number of aromatic nitrogens is 2. The van der Waals surface area contributed by atoms with Crippen LogP contribution in [0.15, 0.2) is 36.5 Å². The van der Waals surface area contributed by atoms with Crippen molar-refractivity contribution >= 4 is 11.6 Å². The molecule has 1 fully saturated rings. The second-order valence-corrected chi connectivity index (χ2v) is 5.99. The van der Waals surface area contributed by atoms with Gasteiger partial charge in [-0.2, -0.15) is 5.10 Å². The predicted octanol–water partition coefficient (Wildman–Crippen LogP) is 2.38. The second kappa shape index (κ2) is 7.28. The number of anilines is 1. The predicted molar refractivity (Wildman–Crippen MR) is 88.7 cm³/mol. The second-order valence-electron chi connectivity index (χ2n) is 5.99. The number of rotatable bonds is 6. The van der Waals surface area contributed by atoms with Crippen molar-refractivity contribution < 1.29 is 9.53 Å². The Kier molecular flexibility index (Phi) is 4.92. The first-order valence-corrected chi connectivity index (χ1v) is 7.96. The van der Waals surface area contributed by atoms with Crippen LogP contribution in [-0.4, -0.2) is 47.2 Å². The lowest BCUT2D eigenvalue weighted by Crippen LogP contribution is -2.25. The molecular weight excluding hydrogens is 292 g/mol. The molecule has 6 nitrogen and oxygen atoms in total. The van der Waals surface area contributed by atoms with Crippen molar-refractivity contribution in [3.63, 3.8) is 0 Å². The molecule has 0 aliphatic carbocycles. The molecule has 1 amide bonds. The summed E-state index contributed by atoms with van der Waals surface area (Å²) in [5.74, 6) is 1.41. The molecule has 2 aromatic rings. The summed E-state index contributed by atoms with van der Waals surface area (Å²) in [6, 6.07) is 9.04. The van der Waals surface area contributed by atoms with Crippen LogP contribution in [0.5, 0.6) is 5.75 Å². The number of likely N-dealkylation sites (tertiary alicyclic amines) is 1. The third-order valence-corrected chi connectivity index (χ3v) is 4.04. The van der Waals surface area contributed by atoms with Crippen molar-refractivity contribution in [3.05, 3.63) is 42.2 Å². The zero-order valence-corrected chi connectivity index (χ0v) is 13.3. The van der Waals surface area contributed by atoms with Crippen molar-refractivity contribution in [1.29, 1.82) is 0 Å². The van der Waals surface area contributed by atoms with Crippen molar-refractivity contribution in [2.45, 2.75) is 13.3 Å². The first kappa shape index (κ1) is 15.6. The number of carbonyl (C=O) groups excluding carboxylic acids is 1. The van der Waals surface area contributed by atoms with E-state index in [1.54, 1.807) is 12.3 Å². The molecule has 1 aliphatic heterocycles. The van der Waals surface area contributed by atoms with Crippen molar-refractivity contribution in [2.75, 3.05) is 31.6 Å². The highest BCUT2D eigenvalue weighted by atomic mass is 16.5. The molecule has 1 saturated heterocycles. The van der Waals surface area contributed by atoms with Crippen LogP contribution in [0.3, 0.4) is 0 Å². The van der Waals surface area contributed by atoms with E-state index < -0.39 is 0 Å². The molecule has 2 heterocycles. The van der Waals surface area contributed by atoms with Crippen LogP contribution in [0.4, 0.5) is 5.69 Å². The summed E-state index contributed by atoms with van der Waals surface area (Å²) < 4.78 is 5.76. The van der Waals surface area contributed by atoms with Gasteiger partial charge in [0.1, 0.15) is 18.1 Å². The lowest BCUT2D eigenvalue weighted by molar-refractivity contribution is 0.102. The maximum absolute atomic E-state index is 11.9. The van der Waals surface area contributed by atoms with Crippen molar-refractivity contribution in [3.8, 4) is 5.75 Å². The number of ether oxygens (including phenoxy) is 1. The van der Waals surface area contributed by atoms with Crippen LogP contribution in [0.2, 0.25) is 0 Å². The minimum absolute atomic E-state index is 0.209. The van der Waals surface area contributed by atoms with Crippen LogP contribution in [0.25, 0.3) is 0 Å². The van der Waals surface area contributed by atoms with E-state index >= 15 is 0 Å². The van der Waals surface area contributed by atoms with Crippen LogP contribution >= 0.6 is 0 Å². The SMILES string of the molecule is C[C@@H]1CCN(CCOc2ccc(NC(=O)c3ccn[nH]3)cc2)C1. The van der Waals surface area contributed by atoms with E-state index in [2.05, 4.69) is 27.3 Å². The van der Waals surface area contributed by atoms with E-state index in [-0.39, 0.29) is 5.91 Å². The summed E-state index contributed by atoms with van der Waals surface area (Å²) in [6.07, 6.45) is 2.83. The van der Waals surface area contributed by atoms with Gasteiger partial charge in [0, 0.05) is 25.0 Å². The van der Waals surface area contributed by atoms with E-state index in [9.17, 15) is 4.79 Å². The van der Waals surface area contributed by atoms with E-state index in [0.717, 1.165) is 23.9 Å². The highest BCUT2D eigenvalue weighted by molar-refractivity contribution is 6.02. The minimum Gasteiger partial charge on any atom is -0.492 e. The average molecular weight is 314 g/mol. The highest BCUT2D eigenvalue weighted by Gasteiger charge is 2.17. The lowest BCUT2D eigenvalue weighted by atomic mass is 10.2. The fourth-order valence-corrected chi connectivity index (χ4v) is 2.74. The molecule has 0 unspecified atom stereocenters. The molecule has 2 N–H and O–H groups in total. The molecular formula is C17H22N4O2. The number of nitrogens with one attached hydrogen (secondary N) is 2. The zero-order valence-electron chi connectivity index (χ0n) is 13.3. The lowest BCUT2D eigenvalue weighted by Gasteiger charge is -2.15. The number of hydrogen-bond acceptors (Lipinski definition) is 4. The topological polar surface area (TPSA) is 70.2 Å². The summed E-state index contributed by atoms with van der Waals surface area (Å²) in [7, 11) is 0. The minimum atomic E-state index is -0.209. The highest BCUT2D eigenvalue weighted by Crippen LogP contribution is 2.17. The van der Waals surface area contributed by atoms with E-state index in [4.69, 9.17) is 4.74 Å². The van der Waals surface area contributed by atoms with Crippen LogP contribution < -0.4 is 10.1 Å². The molecule has 23 heavy (non-hydrogen) atoms. The molecule has 1 aliphatic rings. The Bertz CT molecular complexity index is 625. The number of H-pyrrole nitrogens is 1. The maximum atomic E-state index is 11.9. The summed E-state index contributed by atoms with van der Waals surface area (Å²) in [5, 5.41) is 9.20. The Hall–Kier alpha value is -2.34. The quantitative estimate of drug-likeness (QED) is 0.859. The van der Waals surface area contributed by atoms with Crippen LogP contribution in [-0.2, 0) is 0 Å². The van der Waals surface area contributed by atoms with Gasteiger partial charge in [0.25, 0.3) is 5.91 Å². The van der Waals surface area contributed by atoms with Gasteiger partial charge >= 0.3 is 0 Å².